The van der Waals surface area contributed by atoms with Crippen LogP contribution in [-0.4, -0.2) is 47.4 Å². The molecule has 0 aromatic rings. The van der Waals surface area contributed by atoms with Crippen LogP contribution >= 0.6 is 0 Å². The SMILES string of the molecule is CCCCCCCC/C=C\CCCCCCCCCCCC(=O)OCCCCCCCCCCCC(=O)NC(CO)C(O)CCCCCCCCCCCCCC. The molecule has 6 heteroatoms. The average Bonchev–Trinajstić information content (AvgIpc) is 3.21. The van der Waals surface area contributed by atoms with E-state index in [2.05, 4.69) is 31.3 Å². The maximum atomic E-state index is 12.4. The van der Waals surface area contributed by atoms with Crippen molar-refractivity contribution in [2.45, 2.75) is 289 Å². The third-order valence-electron chi connectivity index (χ3n) is 11.8. The Balaban J connectivity index is 3.45. The maximum absolute atomic E-state index is 12.4. The van der Waals surface area contributed by atoms with E-state index < -0.39 is 12.1 Å². The molecule has 0 saturated heterocycles. The molecule has 338 valence electrons. The fourth-order valence-electron chi connectivity index (χ4n) is 7.87. The van der Waals surface area contributed by atoms with Crippen LogP contribution in [0.5, 0.6) is 0 Å². The lowest BCUT2D eigenvalue weighted by Gasteiger charge is -2.22. The van der Waals surface area contributed by atoms with Crippen LogP contribution in [0.3, 0.4) is 0 Å². The third-order valence-corrected chi connectivity index (χ3v) is 11.8. The highest BCUT2D eigenvalue weighted by Gasteiger charge is 2.20. The number of carbonyl (C=O) groups is 2. The Morgan fingerprint density at radius 3 is 1.25 bits per heavy atom. The molecule has 0 aromatic heterocycles. The number of carbonyl (C=O) groups excluding carboxylic acids is 2. The fourth-order valence-corrected chi connectivity index (χ4v) is 7.87. The van der Waals surface area contributed by atoms with E-state index in [1.165, 1.54) is 186 Å². The first-order valence-electron chi connectivity index (χ1n) is 25.4. The number of amides is 1. The number of allylic oxidation sites excluding steroid dienone is 2. The smallest absolute Gasteiger partial charge is 0.305 e. The Kier molecular flexibility index (Phi) is 46.1. The molecular weight excluding hydrogens is 707 g/mol. The van der Waals surface area contributed by atoms with Crippen molar-refractivity contribution in [3.63, 3.8) is 0 Å². The predicted molar refractivity (Wildman–Crippen MR) is 246 cm³/mol. The lowest BCUT2D eigenvalue weighted by molar-refractivity contribution is -0.143. The van der Waals surface area contributed by atoms with Gasteiger partial charge >= 0.3 is 5.97 Å². The van der Waals surface area contributed by atoms with E-state index in [1.807, 2.05) is 0 Å². The monoisotopic (exact) mass is 806 g/mol. The number of rotatable bonds is 47. The summed E-state index contributed by atoms with van der Waals surface area (Å²) in [6.07, 6.45) is 53.2. The van der Waals surface area contributed by atoms with Crippen LogP contribution in [0, 0.1) is 0 Å². The van der Waals surface area contributed by atoms with Crippen LogP contribution < -0.4 is 5.32 Å². The van der Waals surface area contributed by atoms with E-state index in [0.717, 1.165) is 57.8 Å². The van der Waals surface area contributed by atoms with Crippen molar-refractivity contribution in [2.75, 3.05) is 13.2 Å². The van der Waals surface area contributed by atoms with Crippen molar-refractivity contribution in [2.24, 2.45) is 0 Å². The molecule has 57 heavy (non-hydrogen) atoms. The number of aliphatic hydroxyl groups is 2. The number of esters is 1. The summed E-state index contributed by atoms with van der Waals surface area (Å²) in [5.41, 5.74) is 0. The molecular formula is C51H99NO5. The van der Waals surface area contributed by atoms with Gasteiger partial charge in [-0.1, -0.05) is 225 Å². The number of hydrogen-bond donors (Lipinski definition) is 3. The van der Waals surface area contributed by atoms with Gasteiger partial charge in [0.15, 0.2) is 0 Å². The molecule has 2 atom stereocenters. The molecule has 1 amide bonds. The quantitative estimate of drug-likeness (QED) is 0.0323. The average molecular weight is 806 g/mol. The Morgan fingerprint density at radius 2 is 0.825 bits per heavy atom. The molecule has 0 aromatic carbocycles. The molecule has 3 N–H and O–H groups in total. The normalized spacial score (nSPS) is 12.7. The second kappa shape index (κ2) is 47.3. The maximum Gasteiger partial charge on any atom is 0.305 e. The Hall–Kier alpha value is -1.40. The van der Waals surface area contributed by atoms with Gasteiger partial charge in [-0.25, -0.2) is 0 Å². The van der Waals surface area contributed by atoms with Gasteiger partial charge in [0.2, 0.25) is 5.91 Å². The molecule has 0 spiro atoms. The van der Waals surface area contributed by atoms with Crippen molar-refractivity contribution in [1.29, 1.82) is 0 Å². The number of aliphatic hydroxyl groups excluding tert-OH is 2. The number of unbranched alkanes of at least 4 members (excludes halogenated alkanes) is 34. The van der Waals surface area contributed by atoms with Crippen LogP contribution in [0.4, 0.5) is 0 Å². The summed E-state index contributed by atoms with van der Waals surface area (Å²) in [6, 6.07) is -0.560. The summed E-state index contributed by atoms with van der Waals surface area (Å²) >= 11 is 0. The Bertz CT molecular complexity index is 847. The summed E-state index contributed by atoms with van der Waals surface area (Å²) in [5.74, 6) is -0.0879. The van der Waals surface area contributed by atoms with E-state index in [-0.39, 0.29) is 18.5 Å². The lowest BCUT2D eigenvalue weighted by atomic mass is 10.0. The van der Waals surface area contributed by atoms with Gasteiger partial charge in [-0.2, -0.15) is 0 Å². The minimum absolute atomic E-state index is 0.0254. The highest BCUT2D eigenvalue weighted by atomic mass is 16.5. The summed E-state index contributed by atoms with van der Waals surface area (Å²) in [6.45, 7) is 4.88. The minimum atomic E-state index is -0.680. The van der Waals surface area contributed by atoms with Gasteiger partial charge in [-0.3, -0.25) is 9.59 Å². The second-order valence-corrected chi connectivity index (χ2v) is 17.5. The van der Waals surface area contributed by atoms with Gasteiger partial charge in [0.05, 0.1) is 25.4 Å². The summed E-state index contributed by atoms with van der Waals surface area (Å²) in [5, 5.41) is 23.1. The van der Waals surface area contributed by atoms with E-state index in [0.29, 0.717) is 25.9 Å². The topological polar surface area (TPSA) is 95.9 Å². The molecule has 0 fully saturated rings. The van der Waals surface area contributed by atoms with Crippen LogP contribution in [0.25, 0.3) is 0 Å². The zero-order valence-electron chi connectivity index (χ0n) is 38.3. The van der Waals surface area contributed by atoms with Crippen LogP contribution in [0.15, 0.2) is 12.2 Å². The molecule has 0 bridgehead atoms. The number of hydrogen-bond acceptors (Lipinski definition) is 5. The van der Waals surface area contributed by atoms with Crippen LogP contribution in [0.2, 0.25) is 0 Å². The first kappa shape index (κ1) is 55.6. The van der Waals surface area contributed by atoms with Gasteiger partial charge in [-0.05, 0) is 51.4 Å². The van der Waals surface area contributed by atoms with E-state index >= 15 is 0 Å². The summed E-state index contributed by atoms with van der Waals surface area (Å²) in [4.78, 5) is 24.5. The van der Waals surface area contributed by atoms with Gasteiger partial charge in [0.1, 0.15) is 0 Å². The van der Waals surface area contributed by atoms with Crippen molar-refractivity contribution in [1.82, 2.24) is 5.32 Å². The van der Waals surface area contributed by atoms with Gasteiger partial charge in [0, 0.05) is 12.8 Å². The highest BCUT2D eigenvalue weighted by Crippen LogP contribution is 2.16. The standard InChI is InChI=1S/C51H99NO5/c1-3-5-7-9-11-13-15-17-18-19-20-21-22-23-25-29-33-37-41-45-51(56)57-46-42-38-34-30-26-28-32-36-40-44-50(55)52-48(47-53)49(54)43-39-35-31-27-24-16-14-12-10-8-6-4-2/h17-18,48-49,53-54H,3-16,19-47H2,1-2H3,(H,52,55)/b18-17-. The molecule has 0 aliphatic rings. The predicted octanol–water partition coefficient (Wildman–Crippen LogP) is 15.0. The van der Waals surface area contributed by atoms with Crippen LogP contribution in [-0.2, 0) is 14.3 Å². The van der Waals surface area contributed by atoms with Gasteiger partial charge < -0.3 is 20.3 Å². The summed E-state index contributed by atoms with van der Waals surface area (Å²) in [7, 11) is 0. The first-order chi connectivity index (χ1) is 28.0. The van der Waals surface area contributed by atoms with Crippen molar-refractivity contribution in [3.8, 4) is 0 Å². The highest BCUT2D eigenvalue weighted by molar-refractivity contribution is 5.76. The molecule has 0 aliphatic heterocycles. The molecule has 2 unspecified atom stereocenters. The van der Waals surface area contributed by atoms with Crippen LogP contribution in [0.1, 0.15) is 277 Å². The van der Waals surface area contributed by atoms with Gasteiger partial charge in [0.25, 0.3) is 0 Å². The molecule has 0 saturated carbocycles. The zero-order chi connectivity index (χ0) is 41.5. The third kappa shape index (κ3) is 44.0. The Labute approximate surface area is 355 Å². The minimum Gasteiger partial charge on any atom is -0.466 e. The number of nitrogens with one attached hydrogen (secondary N) is 1. The van der Waals surface area contributed by atoms with E-state index in [1.54, 1.807) is 0 Å². The number of ether oxygens (including phenoxy) is 1. The van der Waals surface area contributed by atoms with E-state index in [9.17, 15) is 19.8 Å². The van der Waals surface area contributed by atoms with Crippen molar-refractivity contribution < 1.29 is 24.5 Å². The van der Waals surface area contributed by atoms with Crippen molar-refractivity contribution in [3.05, 3.63) is 12.2 Å². The first-order valence-corrected chi connectivity index (χ1v) is 25.4. The molecule has 0 rings (SSSR count). The molecule has 6 nitrogen and oxygen atoms in total. The lowest BCUT2D eigenvalue weighted by Crippen LogP contribution is -2.45. The molecule has 0 aliphatic carbocycles. The largest absolute Gasteiger partial charge is 0.466 e. The van der Waals surface area contributed by atoms with Gasteiger partial charge in [-0.15, -0.1) is 0 Å². The van der Waals surface area contributed by atoms with Crippen molar-refractivity contribution >= 4 is 11.9 Å². The summed E-state index contributed by atoms with van der Waals surface area (Å²) < 4.78 is 5.46. The van der Waals surface area contributed by atoms with E-state index in [4.69, 9.17) is 4.74 Å². The molecule has 0 radical (unpaired) electrons. The second-order valence-electron chi connectivity index (χ2n) is 17.5. The Morgan fingerprint density at radius 1 is 0.474 bits per heavy atom. The fraction of sp³-hybridized carbons (Fsp3) is 0.922. The molecule has 0 heterocycles. The zero-order valence-corrected chi connectivity index (χ0v) is 38.3.